The molecule has 220 valence electrons. The average molecular weight is 629 g/mol. The van der Waals surface area contributed by atoms with Gasteiger partial charge in [-0.3, -0.25) is 9.59 Å². The van der Waals surface area contributed by atoms with E-state index in [0.717, 1.165) is 10.5 Å². The van der Waals surface area contributed by atoms with Gasteiger partial charge < -0.3 is 19.7 Å². The number of hydrogen-bond acceptors (Lipinski definition) is 8. The topological polar surface area (TPSA) is 119 Å². The van der Waals surface area contributed by atoms with Gasteiger partial charge in [0.15, 0.2) is 6.04 Å². The zero-order valence-corrected chi connectivity index (χ0v) is 25.0. The lowest BCUT2D eigenvalue weighted by atomic mass is 9.99. The molecule has 1 fully saturated rings. The third-order valence-electron chi connectivity index (χ3n) is 6.46. The molecule has 0 spiro atoms. The van der Waals surface area contributed by atoms with E-state index >= 15 is 0 Å². The minimum absolute atomic E-state index is 0.0125. The summed E-state index contributed by atoms with van der Waals surface area (Å²) in [4.78, 5) is 40.8. The molecule has 1 aliphatic rings. The van der Waals surface area contributed by atoms with Gasteiger partial charge in [0.1, 0.15) is 23.8 Å². The highest BCUT2D eigenvalue weighted by atomic mass is 35.5. The molecule has 0 aromatic heterocycles. The number of likely N-dealkylation sites (tertiary alicyclic amines) is 1. The molecule has 0 radical (unpaired) electrons. The number of carbonyl (C=O) groups is 3. The number of rotatable bonds is 13. The summed E-state index contributed by atoms with van der Waals surface area (Å²) in [5.74, 6) is -1.53. The van der Waals surface area contributed by atoms with Gasteiger partial charge in [-0.05, 0) is 41.0 Å². The molecule has 9 nitrogen and oxygen atoms in total. The Balaban J connectivity index is 1.58. The van der Waals surface area contributed by atoms with E-state index in [1.54, 1.807) is 66.7 Å². The first-order chi connectivity index (χ1) is 20.1. The largest absolute Gasteiger partial charge is 0.497 e. The molecular weight excluding hydrogens is 600 g/mol. The van der Waals surface area contributed by atoms with Gasteiger partial charge >= 0.3 is 5.97 Å². The minimum Gasteiger partial charge on any atom is -0.497 e. The Kier molecular flexibility index (Phi) is 10.3. The van der Waals surface area contributed by atoms with Crippen molar-refractivity contribution in [2.24, 2.45) is 0 Å². The summed E-state index contributed by atoms with van der Waals surface area (Å²) in [7, 11) is -2.02. The summed E-state index contributed by atoms with van der Waals surface area (Å²) in [6.45, 7) is 3.73. The van der Waals surface area contributed by atoms with Crippen LogP contribution in [0.3, 0.4) is 0 Å². The maximum absolute atomic E-state index is 13.5. The lowest BCUT2D eigenvalue weighted by molar-refractivity contribution is -0.163. The Morgan fingerprint density at radius 2 is 1.62 bits per heavy atom. The molecule has 3 aromatic carbocycles. The van der Waals surface area contributed by atoms with Crippen LogP contribution in [0.15, 0.2) is 102 Å². The Bertz CT molecular complexity index is 1530. The Hall–Kier alpha value is -3.80. The number of carbonyl (C=O) groups excluding carboxylic acids is 3. The molecule has 0 aliphatic carbocycles. The molecule has 0 unspecified atom stereocenters. The predicted octanol–water partition coefficient (Wildman–Crippen LogP) is 3.92. The smallest absolute Gasteiger partial charge is 0.333 e. The SMILES string of the molecule is C=C(CCl)[C@H](C(=O)OCc1ccc(OC)cc1)N1C(=O)[C@@H](NC(=O)Cc2ccccc2)[C@H]1SS(=O)(=O)c1ccccc1. The zero-order chi connectivity index (χ0) is 30.3. The first-order valence-electron chi connectivity index (χ1n) is 12.8. The average Bonchev–Trinajstić information content (AvgIpc) is 3.01. The molecule has 42 heavy (non-hydrogen) atoms. The quantitative estimate of drug-likeness (QED) is 0.0995. The fourth-order valence-corrected chi connectivity index (χ4v) is 7.96. The summed E-state index contributed by atoms with van der Waals surface area (Å²) in [6.07, 6.45) is -0.0187. The fraction of sp³-hybridized carbons (Fsp3) is 0.233. The van der Waals surface area contributed by atoms with E-state index in [0.29, 0.717) is 22.1 Å². The van der Waals surface area contributed by atoms with Crippen molar-refractivity contribution in [2.75, 3.05) is 13.0 Å². The van der Waals surface area contributed by atoms with Crippen LogP contribution >= 0.6 is 22.4 Å². The molecule has 0 saturated carbocycles. The van der Waals surface area contributed by atoms with Crippen molar-refractivity contribution < 1.29 is 32.3 Å². The highest BCUT2D eigenvalue weighted by Crippen LogP contribution is 2.40. The Morgan fingerprint density at radius 3 is 2.21 bits per heavy atom. The Morgan fingerprint density at radius 1 is 1.00 bits per heavy atom. The number of hydrogen-bond donors (Lipinski definition) is 1. The highest BCUT2D eigenvalue weighted by molar-refractivity contribution is 8.72. The lowest BCUT2D eigenvalue weighted by Crippen LogP contribution is -2.73. The van der Waals surface area contributed by atoms with Crippen LogP contribution < -0.4 is 10.1 Å². The van der Waals surface area contributed by atoms with E-state index < -0.39 is 44.1 Å². The fourth-order valence-electron chi connectivity index (χ4n) is 4.28. The first-order valence-corrected chi connectivity index (χ1v) is 16.2. The van der Waals surface area contributed by atoms with Crippen molar-refractivity contribution in [3.05, 3.63) is 108 Å². The summed E-state index contributed by atoms with van der Waals surface area (Å²) in [6, 6.07) is 20.8. The van der Waals surface area contributed by atoms with Crippen molar-refractivity contribution in [1.82, 2.24) is 10.2 Å². The molecule has 12 heteroatoms. The molecule has 1 aliphatic heterocycles. The van der Waals surface area contributed by atoms with Gasteiger partial charge in [0.05, 0.1) is 18.4 Å². The van der Waals surface area contributed by atoms with Crippen LogP contribution in [0.25, 0.3) is 0 Å². The van der Waals surface area contributed by atoms with Crippen molar-refractivity contribution in [2.45, 2.75) is 35.4 Å². The van der Waals surface area contributed by atoms with Gasteiger partial charge in [0.25, 0.3) is 0 Å². The number of halogens is 1. The second-order valence-electron chi connectivity index (χ2n) is 9.36. The van der Waals surface area contributed by atoms with Gasteiger partial charge in [0, 0.05) is 16.7 Å². The summed E-state index contributed by atoms with van der Waals surface area (Å²) >= 11 is 6.05. The lowest BCUT2D eigenvalue weighted by Gasteiger charge is -2.49. The second kappa shape index (κ2) is 13.9. The zero-order valence-electron chi connectivity index (χ0n) is 22.6. The number of alkyl halides is 1. The molecule has 0 bridgehead atoms. The normalized spacial score (nSPS) is 17.1. The van der Waals surface area contributed by atoms with E-state index in [9.17, 15) is 22.8 Å². The Labute approximate surface area is 253 Å². The van der Waals surface area contributed by atoms with E-state index in [4.69, 9.17) is 21.1 Å². The monoisotopic (exact) mass is 628 g/mol. The third-order valence-corrected chi connectivity index (χ3v) is 10.5. The summed E-state index contributed by atoms with van der Waals surface area (Å²) in [5, 5.41) is 1.48. The molecule has 1 heterocycles. The van der Waals surface area contributed by atoms with Crippen LogP contribution in [0.1, 0.15) is 11.1 Å². The summed E-state index contributed by atoms with van der Waals surface area (Å²) in [5.41, 5.74) is 1.52. The first kappa shape index (κ1) is 31.1. The van der Waals surface area contributed by atoms with Crippen molar-refractivity contribution in [3.8, 4) is 5.75 Å². The number of ether oxygens (including phenoxy) is 2. The van der Waals surface area contributed by atoms with E-state index in [1.807, 2.05) is 6.07 Å². The van der Waals surface area contributed by atoms with Gasteiger partial charge in [-0.25, -0.2) is 13.2 Å². The number of β-lactam (4-membered cyclic amide) rings is 1. The maximum Gasteiger partial charge on any atom is 0.333 e. The molecular formula is C30H29ClN2O7S2. The van der Waals surface area contributed by atoms with Crippen LogP contribution in [-0.4, -0.2) is 61.5 Å². The van der Waals surface area contributed by atoms with Crippen molar-refractivity contribution in [1.29, 1.82) is 0 Å². The number of nitrogens with one attached hydrogen (secondary N) is 1. The number of amides is 2. The summed E-state index contributed by atoms with van der Waals surface area (Å²) < 4.78 is 37.3. The molecule has 1 saturated heterocycles. The van der Waals surface area contributed by atoms with E-state index in [2.05, 4.69) is 11.9 Å². The van der Waals surface area contributed by atoms with Crippen LogP contribution in [0.2, 0.25) is 0 Å². The number of nitrogens with zero attached hydrogens (tertiary/aromatic N) is 1. The third kappa shape index (κ3) is 7.33. The van der Waals surface area contributed by atoms with Crippen LogP contribution in [0, 0.1) is 0 Å². The van der Waals surface area contributed by atoms with Gasteiger partial charge in [-0.15, -0.1) is 11.6 Å². The maximum atomic E-state index is 13.5. The van der Waals surface area contributed by atoms with E-state index in [-0.39, 0.29) is 29.4 Å². The van der Waals surface area contributed by atoms with Gasteiger partial charge in [-0.1, -0.05) is 67.2 Å². The molecule has 2 amide bonds. The number of benzene rings is 3. The second-order valence-corrected chi connectivity index (χ2v) is 13.6. The number of methoxy groups -OCH3 is 1. The van der Waals surface area contributed by atoms with E-state index in [1.165, 1.54) is 19.2 Å². The standard InChI is InChI=1S/C30H29ClN2O7S2/c1-20(18-31)27(30(36)40-19-22-13-15-23(39-2)16-14-22)33-28(35)26(32-25(34)17-21-9-5-3-6-10-21)29(33)41-42(37,38)24-11-7-4-8-12-24/h3-16,26-27,29H,1,17-19H2,2H3,(H,32,34)/t26-,27-,29-/m1/s1. The molecule has 4 rings (SSSR count). The van der Waals surface area contributed by atoms with Crippen molar-refractivity contribution in [3.63, 3.8) is 0 Å². The highest BCUT2D eigenvalue weighted by Gasteiger charge is 2.56. The molecule has 1 N–H and O–H groups in total. The van der Waals surface area contributed by atoms with Crippen LogP contribution in [0.4, 0.5) is 0 Å². The number of esters is 1. The van der Waals surface area contributed by atoms with Gasteiger partial charge in [-0.2, -0.15) is 0 Å². The van der Waals surface area contributed by atoms with Crippen molar-refractivity contribution >= 4 is 49.0 Å². The molecule has 3 aromatic rings. The molecule has 3 atom stereocenters. The van der Waals surface area contributed by atoms with Crippen LogP contribution in [-0.2, 0) is 41.0 Å². The minimum atomic E-state index is -4.01. The van der Waals surface area contributed by atoms with Crippen LogP contribution in [0.5, 0.6) is 5.75 Å². The predicted molar refractivity (Wildman–Crippen MR) is 160 cm³/mol. The van der Waals surface area contributed by atoms with Gasteiger partial charge in [0.2, 0.25) is 20.7 Å².